The molecule has 2 rings (SSSR count). The summed E-state index contributed by atoms with van der Waals surface area (Å²) < 4.78 is 0. The molecule has 0 fully saturated rings. The molecule has 0 spiro atoms. The second kappa shape index (κ2) is 10.2. The molecule has 0 atom stereocenters. The number of para-hydroxylation sites is 1. The quantitative estimate of drug-likeness (QED) is 0.453. The van der Waals surface area contributed by atoms with Crippen molar-refractivity contribution in [3.8, 4) is 0 Å². The molecule has 0 heterocycles. The molecule has 140 valence electrons. The van der Waals surface area contributed by atoms with Crippen molar-refractivity contribution in [2.24, 2.45) is 0 Å². The standard InChI is InChI=1S/C18H17ClN4O3S/c19-13-8-6-12(7-9-13)17(26)21-18(27)23-22-16(25)11-10-15(24)20-14-4-2-1-3-5-14/h1-9H,10-11H2,(H,20,24)(H,22,25)(H2,21,23,26,27). The predicted octanol–water partition coefficient (Wildman–Crippen LogP) is 2.39. The topological polar surface area (TPSA) is 99.3 Å². The third-order valence-corrected chi connectivity index (χ3v) is 3.74. The van der Waals surface area contributed by atoms with Crippen molar-refractivity contribution in [3.05, 3.63) is 65.2 Å². The highest BCUT2D eigenvalue weighted by atomic mass is 35.5. The minimum Gasteiger partial charge on any atom is -0.326 e. The molecule has 0 aliphatic carbocycles. The van der Waals surface area contributed by atoms with Crippen LogP contribution >= 0.6 is 23.8 Å². The maximum Gasteiger partial charge on any atom is 0.257 e. The van der Waals surface area contributed by atoms with E-state index in [9.17, 15) is 14.4 Å². The van der Waals surface area contributed by atoms with E-state index in [-0.39, 0.29) is 23.9 Å². The molecule has 0 aromatic heterocycles. The number of hydrogen-bond donors (Lipinski definition) is 4. The number of thiocarbonyl (C=S) groups is 1. The van der Waals surface area contributed by atoms with Crippen LogP contribution in [0.5, 0.6) is 0 Å². The summed E-state index contributed by atoms with van der Waals surface area (Å²) in [6, 6.07) is 15.2. The van der Waals surface area contributed by atoms with Crippen LogP contribution in [0.15, 0.2) is 54.6 Å². The minimum absolute atomic E-state index is 0.00625. The first-order chi connectivity index (χ1) is 12.9. The molecule has 0 saturated carbocycles. The van der Waals surface area contributed by atoms with Gasteiger partial charge in [0.05, 0.1) is 0 Å². The maximum absolute atomic E-state index is 12.0. The number of carbonyl (C=O) groups is 3. The number of amides is 3. The summed E-state index contributed by atoms with van der Waals surface area (Å²) in [5.41, 5.74) is 5.76. The van der Waals surface area contributed by atoms with E-state index in [1.54, 1.807) is 48.5 Å². The van der Waals surface area contributed by atoms with Crippen molar-refractivity contribution < 1.29 is 14.4 Å². The summed E-state index contributed by atoms with van der Waals surface area (Å²) in [4.78, 5) is 35.5. The molecule has 27 heavy (non-hydrogen) atoms. The molecule has 0 bridgehead atoms. The molecule has 0 radical (unpaired) electrons. The summed E-state index contributed by atoms with van der Waals surface area (Å²) in [5.74, 6) is -1.17. The van der Waals surface area contributed by atoms with Crippen molar-refractivity contribution in [1.29, 1.82) is 0 Å². The zero-order valence-corrected chi connectivity index (χ0v) is 15.7. The highest BCUT2D eigenvalue weighted by Gasteiger charge is 2.10. The van der Waals surface area contributed by atoms with E-state index in [1.807, 2.05) is 6.07 Å². The van der Waals surface area contributed by atoms with Crippen LogP contribution in [0.4, 0.5) is 5.69 Å². The van der Waals surface area contributed by atoms with Gasteiger partial charge in [0.1, 0.15) is 0 Å². The van der Waals surface area contributed by atoms with Crippen molar-refractivity contribution >= 4 is 52.3 Å². The summed E-state index contributed by atoms with van der Waals surface area (Å²) in [7, 11) is 0. The summed E-state index contributed by atoms with van der Waals surface area (Å²) in [6.07, 6.45) is -0.0360. The number of benzene rings is 2. The van der Waals surface area contributed by atoms with Gasteiger partial charge in [-0.05, 0) is 48.6 Å². The Labute approximate surface area is 166 Å². The van der Waals surface area contributed by atoms with E-state index in [2.05, 4.69) is 21.5 Å². The fourth-order valence-electron chi connectivity index (χ4n) is 1.97. The second-order valence-corrected chi connectivity index (χ2v) is 6.22. The Kier molecular flexibility index (Phi) is 7.72. The van der Waals surface area contributed by atoms with Gasteiger partial charge in [0.2, 0.25) is 11.8 Å². The van der Waals surface area contributed by atoms with E-state index in [0.29, 0.717) is 16.3 Å². The first-order valence-electron chi connectivity index (χ1n) is 7.94. The van der Waals surface area contributed by atoms with Crippen molar-refractivity contribution in [2.75, 3.05) is 5.32 Å². The molecule has 4 N–H and O–H groups in total. The van der Waals surface area contributed by atoms with Gasteiger partial charge in [-0.2, -0.15) is 0 Å². The monoisotopic (exact) mass is 404 g/mol. The molecule has 2 aromatic carbocycles. The minimum atomic E-state index is -0.444. The zero-order chi connectivity index (χ0) is 19.6. The van der Waals surface area contributed by atoms with Gasteiger partial charge in [0.25, 0.3) is 5.91 Å². The average Bonchev–Trinajstić information content (AvgIpc) is 2.66. The number of rotatable bonds is 5. The van der Waals surface area contributed by atoms with Gasteiger partial charge in [0, 0.05) is 29.1 Å². The molecular formula is C18H17ClN4O3S. The van der Waals surface area contributed by atoms with Crippen LogP contribution in [0.1, 0.15) is 23.2 Å². The number of hydrazine groups is 1. The van der Waals surface area contributed by atoms with Crippen molar-refractivity contribution in [3.63, 3.8) is 0 Å². The molecule has 2 aromatic rings. The Balaban J connectivity index is 1.67. The van der Waals surface area contributed by atoms with E-state index in [1.165, 1.54) is 0 Å². The Morgan fingerprint density at radius 3 is 2.15 bits per heavy atom. The molecule has 7 nitrogen and oxygen atoms in total. The zero-order valence-electron chi connectivity index (χ0n) is 14.1. The third kappa shape index (κ3) is 7.43. The summed E-state index contributed by atoms with van der Waals surface area (Å²) >= 11 is 10.7. The van der Waals surface area contributed by atoms with Crippen molar-refractivity contribution in [2.45, 2.75) is 12.8 Å². The summed E-state index contributed by atoms with van der Waals surface area (Å²) in [6.45, 7) is 0. The van der Waals surface area contributed by atoms with Gasteiger partial charge in [-0.3, -0.25) is 30.6 Å². The lowest BCUT2D eigenvalue weighted by atomic mass is 10.2. The fraction of sp³-hybridized carbons (Fsp3) is 0.111. The van der Waals surface area contributed by atoms with Crippen LogP contribution in [0.3, 0.4) is 0 Å². The molecule has 0 saturated heterocycles. The van der Waals surface area contributed by atoms with E-state index in [0.717, 1.165) is 0 Å². The third-order valence-electron chi connectivity index (χ3n) is 3.29. The maximum atomic E-state index is 12.0. The lowest BCUT2D eigenvalue weighted by Gasteiger charge is -2.11. The molecule has 0 aliphatic heterocycles. The number of halogens is 1. The molecule has 0 unspecified atom stereocenters. The Bertz CT molecular complexity index is 828. The molecular weight excluding hydrogens is 388 g/mol. The average molecular weight is 405 g/mol. The SMILES string of the molecule is O=C(CCC(=O)Nc1ccccc1)NNC(=S)NC(=O)c1ccc(Cl)cc1. The highest BCUT2D eigenvalue weighted by Crippen LogP contribution is 2.09. The molecule has 9 heteroatoms. The van der Waals surface area contributed by atoms with E-state index < -0.39 is 11.8 Å². The van der Waals surface area contributed by atoms with E-state index in [4.69, 9.17) is 23.8 Å². The normalized spacial score (nSPS) is 9.81. The first kappa shape index (κ1) is 20.3. The lowest BCUT2D eigenvalue weighted by Crippen LogP contribution is -2.48. The van der Waals surface area contributed by atoms with Gasteiger partial charge >= 0.3 is 0 Å². The fourth-order valence-corrected chi connectivity index (χ4v) is 2.24. The predicted molar refractivity (Wildman–Crippen MR) is 107 cm³/mol. The number of nitrogens with one attached hydrogen (secondary N) is 4. The van der Waals surface area contributed by atoms with E-state index >= 15 is 0 Å². The van der Waals surface area contributed by atoms with Crippen LogP contribution in [-0.2, 0) is 9.59 Å². The van der Waals surface area contributed by atoms with Gasteiger partial charge in [0.15, 0.2) is 5.11 Å². The largest absolute Gasteiger partial charge is 0.326 e. The Hall–Kier alpha value is -2.97. The van der Waals surface area contributed by atoms with Gasteiger partial charge in [-0.1, -0.05) is 29.8 Å². The van der Waals surface area contributed by atoms with Crippen LogP contribution in [0, 0.1) is 0 Å². The highest BCUT2D eigenvalue weighted by molar-refractivity contribution is 7.80. The van der Waals surface area contributed by atoms with Crippen LogP contribution < -0.4 is 21.5 Å². The van der Waals surface area contributed by atoms with Gasteiger partial charge in [-0.15, -0.1) is 0 Å². The Morgan fingerprint density at radius 1 is 0.852 bits per heavy atom. The van der Waals surface area contributed by atoms with Crippen LogP contribution in [0.25, 0.3) is 0 Å². The van der Waals surface area contributed by atoms with Crippen molar-refractivity contribution in [1.82, 2.24) is 16.2 Å². The number of hydrogen-bond acceptors (Lipinski definition) is 4. The summed E-state index contributed by atoms with van der Waals surface area (Å²) in [5, 5.41) is 5.53. The number of anilines is 1. The van der Waals surface area contributed by atoms with Gasteiger partial charge in [-0.25, -0.2) is 0 Å². The smallest absolute Gasteiger partial charge is 0.257 e. The molecule has 0 aliphatic rings. The lowest BCUT2D eigenvalue weighted by molar-refractivity contribution is -0.124. The second-order valence-electron chi connectivity index (χ2n) is 5.38. The van der Waals surface area contributed by atoms with Gasteiger partial charge < -0.3 is 5.32 Å². The Morgan fingerprint density at radius 2 is 1.48 bits per heavy atom. The van der Waals surface area contributed by atoms with Crippen LogP contribution in [-0.4, -0.2) is 22.8 Å². The number of carbonyl (C=O) groups excluding carboxylic acids is 3. The van der Waals surface area contributed by atoms with Crippen LogP contribution in [0.2, 0.25) is 5.02 Å². The first-order valence-corrected chi connectivity index (χ1v) is 8.73. The molecule has 3 amide bonds.